The zero-order valence-electron chi connectivity index (χ0n) is 1.79. The second kappa shape index (κ2) is 22.9. The van der Waals surface area contributed by atoms with Crippen molar-refractivity contribution in [3.8, 4) is 0 Å². The van der Waals surface area contributed by atoms with Crippen LogP contribution < -0.4 is 0 Å². The van der Waals surface area contributed by atoms with Crippen molar-refractivity contribution in [2.24, 2.45) is 0 Å². The predicted molar refractivity (Wildman–Crippen MR) is 26.3 cm³/mol. The Morgan fingerprint density at radius 1 is 0.500 bits per heavy atom. The number of thiol groups is 3. The third kappa shape index (κ3) is 9.44. The molecule has 0 amide bonds. The average Bonchev–Trinajstić information content (AvgIpc) is 0. The summed E-state index contributed by atoms with van der Waals surface area (Å²) in [6.07, 6.45) is 0. The van der Waals surface area contributed by atoms with Crippen molar-refractivity contribution < 1.29 is 18.6 Å². The van der Waals surface area contributed by atoms with E-state index >= 15 is 0 Å². The molecular weight excluding hydrogens is 147 g/mol. The van der Waals surface area contributed by atoms with E-state index in [1.165, 1.54) is 0 Å². The van der Waals surface area contributed by atoms with Crippen molar-refractivity contribution in [1.82, 2.24) is 0 Å². The van der Waals surface area contributed by atoms with Crippen LogP contribution in [-0.2, 0) is 59.0 Å². The van der Waals surface area contributed by atoms with Crippen LogP contribution >= 0.6 is 0 Å². The van der Waals surface area contributed by atoms with Crippen LogP contribution in [0.2, 0.25) is 0 Å². The first-order valence-electron chi connectivity index (χ1n) is 0. The summed E-state index contributed by atoms with van der Waals surface area (Å²) < 4.78 is 0. The summed E-state index contributed by atoms with van der Waals surface area (Å²) in [7, 11) is 0. The summed E-state index contributed by atoms with van der Waals surface area (Å²) in [4.78, 5) is 0. The molecule has 0 spiro atoms. The Hall–Kier alpha value is 1.63. The molecule has 0 heterocycles. The minimum absolute atomic E-state index is 0. The third-order valence-corrected chi connectivity index (χ3v) is 0. The third-order valence-electron chi connectivity index (χ3n) is 0. The maximum Gasteiger partial charge on any atom is 0 e. The van der Waals surface area contributed by atoms with Crippen LogP contribution in [-0.4, -0.2) is 0 Å². The van der Waals surface area contributed by atoms with Crippen molar-refractivity contribution in [3.63, 3.8) is 0 Å². The van der Waals surface area contributed by atoms with Gasteiger partial charge in [0, 0.05) is 18.6 Å². The zero-order chi connectivity index (χ0) is 0. The Balaban J connectivity index is 0. The normalized spacial score (nSPS) is 0. The van der Waals surface area contributed by atoms with Gasteiger partial charge in [-0.15, -0.1) is 0 Å². The molecule has 0 bridgehead atoms. The first kappa shape index (κ1) is 45.3. The fourth-order valence-electron chi connectivity index (χ4n) is 0. The van der Waals surface area contributed by atoms with Gasteiger partial charge in [-0.05, 0) is 0 Å². The predicted octanol–water partition coefficient (Wildman–Crippen LogP) is -0.813. The van der Waals surface area contributed by atoms with E-state index in [2.05, 4.69) is 0 Å². The Kier molecular flexibility index (Phi) is 260. The molecule has 0 aromatic carbocycles. The maximum absolute atomic E-state index is 0. The van der Waals surface area contributed by atoms with Crippen LogP contribution in [0.3, 0.4) is 0 Å². The summed E-state index contributed by atoms with van der Waals surface area (Å²) in [6, 6.07) is 0. The zero-order valence-corrected chi connectivity index (χ0v) is 5.87. The van der Waals surface area contributed by atoms with Gasteiger partial charge in [0.2, 0.25) is 0 Å². The van der Waals surface area contributed by atoms with Crippen LogP contribution in [0.4, 0.5) is 0 Å². The van der Waals surface area contributed by atoms with E-state index < -0.39 is 0 Å². The van der Waals surface area contributed by atoms with E-state index in [9.17, 15) is 0 Å². The fourth-order valence-corrected chi connectivity index (χ4v) is 0. The Morgan fingerprint density at radius 3 is 0.500 bits per heavy atom. The average molecular weight is 150 g/mol. The molecule has 29 valence electrons. The van der Waals surface area contributed by atoms with Gasteiger partial charge < -0.3 is 40.5 Å². The monoisotopic (exact) mass is 150 g/mol. The van der Waals surface area contributed by atoms with Gasteiger partial charge in [0.15, 0.2) is 0 Å². The van der Waals surface area contributed by atoms with Crippen LogP contribution in [0.5, 0.6) is 0 Å². The Bertz CT molecular complexity index is 3.25. The second-order valence-electron chi connectivity index (χ2n) is 0. The van der Waals surface area contributed by atoms with Gasteiger partial charge in [0.05, 0.1) is 0 Å². The SMILES string of the molecule is [SH-].[SH-].[SH-].[V]. The summed E-state index contributed by atoms with van der Waals surface area (Å²) in [5.74, 6) is 0. The quantitative estimate of drug-likeness (QED) is 0.327. The van der Waals surface area contributed by atoms with Gasteiger partial charge in [-0.25, -0.2) is 0 Å². The molecule has 0 aromatic rings. The molecule has 4 heavy (non-hydrogen) atoms. The molecule has 0 aliphatic heterocycles. The molecule has 4 heteroatoms. The second-order valence-corrected chi connectivity index (χ2v) is 0. The summed E-state index contributed by atoms with van der Waals surface area (Å²) in [5.41, 5.74) is 0. The van der Waals surface area contributed by atoms with Crippen LogP contribution in [0.15, 0.2) is 0 Å². The molecule has 0 N–H and O–H groups in total. The van der Waals surface area contributed by atoms with E-state index in [0.29, 0.717) is 0 Å². The first-order chi connectivity index (χ1) is 0. The molecule has 0 atom stereocenters. The fraction of sp³-hybridized carbons (Fsp3) is 0. The molecule has 0 saturated carbocycles. The van der Waals surface area contributed by atoms with Crippen LogP contribution in [0.1, 0.15) is 0 Å². The Labute approximate surface area is 59.0 Å². The molecule has 0 aliphatic carbocycles. The first-order valence-corrected chi connectivity index (χ1v) is 0. The number of hydrogen-bond donors (Lipinski definition) is 0. The molecule has 1 radical (unpaired) electrons. The van der Waals surface area contributed by atoms with Gasteiger partial charge in [-0.1, -0.05) is 0 Å². The summed E-state index contributed by atoms with van der Waals surface area (Å²) >= 11 is 0. The topological polar surface area (TPSA) is 0 Å². The molecule has 0 fully saturated rings. The van der Waals surface area contributed by atoms with E-state index in [1.807, 2.05) is 0 Å². The largest absolute Gasteiger partial charge is 0.813 e. The molecular formula is H3S3V-3. The van der Waals surface area contributed by atoms with Gasteiger partial charge in [0.25, 0.3) is 0 Å². The summed E-state index contributed by atoms with van der Waals surface area (Å²) in [5, 5.41) is 0. The Morgan fingerprint density at radius 2 is 0.500 bits per heavy atom. The summed E-state index contributed by atoms with van der Waals surface area (Å²) in [6.45, 7) is 0. The van der Waals surface area contributed by atoms with Crippen molar-refractivity contribution in [3.05, 3.63) is 0 Å². The number of rotatable bonds is 0. The van der Waals surface area contributed by atoms with Gasteiger partial charge in [0.1, 0.15) is 0 Å². The standard InChI is InChI=1S/3H2S.V/h3*1H2;/p-3. The maximum atomic E-state index is 0. The van der Waals surface area contributed by atoms with Crippen LogP contribution in [0, 0.1) is 0 Å². The van der Waals surface area contributed by atoms with Crippen molar-refractivity contribution in [1.29, 1.82) is 0 Å². The van der Waals surface area contributed by atoms with E-state index in [-0.39, 0.29) is 59.0 Å². The van der Waals surface area contributed by atoms with E-state index in [4.69, 9.17) is 0 Å². The van der Waals surface area contributed by atoms with Crippen molar-refractivity contribution >= 4 is 40.5 Å². The smallest absolute Gasteiger partial charge is 0 e. The molecule has 0 nitrogen and oxygen atoms in total. The van der Waals surface area contributed by atoms with E-state index in [0.717, 1.165) is 0 Å². The molecule has 0 saturated heterocycles. The van der Waals surface area contributed by atoms with Gasteiger partial charge in [-0.3, -0.25) is 0 Å². The van der Waals surface area contributed by atoms with Crippen molar-refractivity contribution in [2.75, 3.05) is 0 Å². The minimum Gasteiger partial charge on any atom is -0.813 e. The van der Waals surface area contributed by atoms with Gasteiger partial charge in [-0.2, -0.15) is 0 Å². The molecule has 0 unspecified atom stereocenters. The van der Waals surface area contributed by atoms with Crippen LogP contribution in [0.25, 0.3) is 0 Å². The minimum atomic E-state index is 0. The van der Waals surface area contributed by atoms with E-state index in [1.54, 1.807) is 0 Å². The van der Waals surface area contributed by atoms with Gasteiger partial charge >= 0.3 is 0 Å². The molecule has 0 aliphatic rings. The molecule has 0 aromatic heterocycles. The number of hydrogen-bond acceptors (Lipinski definition) is 3. The van der Waals surface area contributed by atoms with Crippen molar-refractivity contribution in [2.45, 2.75) is 0 Å². The molecule has 0 rings (SSSR count).